The van der Waals surface area contributed by atoms with E-state index in [0.717, 1.165) is 30.5 Å². The fourth-order valence-corrected chi connectivity index (χ4v) is 3.67. The molecule has 0 fully saturated rings. The Morgan fingerprint density at radius 3 is 2.35 bits per heavy atom. The first-order valence-corrected chi connectivity index (χ1v) is 11.9. The maximum absolute atomic E-state index is 13.1. The minimum Gasteiger partial charge on any atom is -0.325 e. The molecule has 5 heteroatoms. The van der Waals surface area contributed by atoms with Crippen LogP contribution in [0.15, 0.2) is 76.7 Å². The molecule has 1 amide bonds. The van der Waals surface area contributed by atoms with Gasteiger partial charge in [-0.15, -0.1) is 0 Å². The third kappa shape index (κ3) is 8.54. The van der Waals surface area contributed by atoms with Gasteiger partial charge < -0.3 is 5.32 Å². The molecule has 0 spiro atoms. The number of amides is 1. The number of carbonyl (C=O) groups excluding carboxylic acids is 2. The number of hydrogen-bond donors (Lipinski definition) is 1. The van der Waals surface area contributed by atoms with Crippen molar-refractivity contribution < 1.29 is 9.59 Å². The largest absolute Gasteiger partial charge is 0.325 e. The number of rotatable bonds is 12. The number of ketones is 1. The molecule has 34 heavy (non-hydrogen) atoms. The molecule has 0 saturated heterocycles. The van der Waals surface area contributed by atoms with Crippen LogP contribution >= 0.6 is 0 Å². The van der Waals surface area contributed by atoms with Crippen LogP contribution in [0.25, 0.3) is 0 Å². The van der Waals surface area contributed by atoms with E-state index in [1.54, 1.807) is 21.0 Å². The number of nitrogens with zero attached hydrogens (tertiary/aromatic N) is 2. The number of hydrogen-bond acceptors (Lipinski definition) is 4. The number of nitrogens with one attached hydrogen (secondary N) is 1. The van der Waals surface area contributed by atoms with Gasteiger partial charge in [-0.3, -0.25) is 19.6 Å². The van der Waals surface area contributed by atoms with Crippen LogP contribution in [0.1, 0.15) is 51.2 Å². The summed E-state index contributed by atoms with van der Waals surface area (Å²) in [4.78, 5) is 34.6. The maximum atomic E-state index is 13.1. The van der Waals surface area contributed by atoms with Crippen molar-refractivity contribution in [3.05, 3.63) is 77.9 Å². The topological polar surface area (TPSA) is 70.9 Å². The summed E-state index contributed by atoms with van der Waals surface area (Å²) < 4.78 is 0. The Kier molecular flexibility index (Phi) is 11.1. The number of Topliss-reactive ketones (excluding diaryl/α,β-unsaturated/α-hetero) is 1. The zero-order valence-corrected chi connectivity index (χ0v) is 21.0. The second-order valence-corrected chi connectivity index (χ2v) is 8.74. The van der Waals surface area contributed by atoms with E-state index in [-0.39, 0.29) is 11.7 Å². The quantitative estimate of drug-likeness (QED) is 0.242. The molecule has 0 saturated carbocycles. The zero-order chi connectivity index (χ0) is 24.9. The van der Waals surface area contributed by atoms with Crippen molar-refractivity contribution in [2.45, 2.75) is 46.5 Å². The van der Waals surface area contributed by atoms with Crippen LogP contribution in [-0.2, 0) is 16.0 Å². The van der Waals surface area contributed by atoms with Crippen molar-refractivity contribution in [3.8, 4) is 0 Å². The molecule has 1 atom stereocenters. The second-order valence-electron chi connectivity index (χ2n) is 8.74. The van der Waals surface area contributed by atoms with Gasteiger partial charge in [0, 0.05) is 37.5 Å². The SMILES string of the molecule is C/N=C(/C)C(C(=O)CCCCc1ccccc1)C(=O)Nc1cccc(C(/C=C\C(C)C)=N/C)c1. The summed E-state index contributed by atoms with van der Waals surface area (Å²) in [6.45, 7) is 5.95. The van der Waals surface area contributed by atoms with Crippen LogP contribution in [0.2, 0.25) is 0 Å². The Morgan fingerprint density at radius 2 is 1.71 bits per heavy atom. The summed E-state index contributed by atoms with van der Waals surface area (Å²) in [5.74, 6) is -0.914. The number of carbonyl (C=O) groups is 2. The highest BCUT2D eigenvalue weighted by atomic mass is 16.2. The van der Waals surface area contributed by atoms with Crippen LogP contribution in [0.3, 0.4) is 0 Å². The molecule has 1 N–H and O–H groups in total. The van der Waals surface area contributed by atoms with Crippen molar-refractivity contribution >= 4 is 28.8 Å². The first kappa shape index (κ1) is 26.9. The summed E-state index contributed by atoms with van der Waals surface area (Å²) in [5, 5.41) is 2.92. The summed E-state index contributed by atoms with van der Waals surface area (Å²) in [5.41, 5.74) is 4.16. The van der Waals surface area contributed by atoms with Gasteiger partial charge in [-0.25, -0.2) is 0 Å². The summed E-state index contributed by atoms with van der Waals surface area (Å²) in [6, 6.07) is 17.8. The van der Waals surface area contributed by atoms with Gasteiger partial charge in [-0.2, -0.15) is 0 Å². The number of unbranched alkanes of at least 4 members (excludes halogenated alkanes) is 1. The Bertz CT molecular complexity index is 1040. The second kappa shape index (κ2) is 14.0. The van der Waals surface area contributed by atoms with E-state index in [4.69, 9.17) is 0 Å². The number of aliphatic imine (C=N–C) groups is 2. The maximum Gasteiger partial charge on any atom is 0.240 e. The molecule has 2 aromatic carbocycles. The van der Waals surface area contributed by atoms with E-state index < -0.39 is 5.92 Å². The molecular weight excluding hydrogens is 422 g/mol. The van der Waals surface area contributed by atoms with Gasteiger partial charge in [-0.1, -0.05) is 62.4 Å². The van der Waals surface area contributed by atoms with Gasteiger partial charge in [0.15, 0.2) is 5.78 Å². The molecule has 0 bridgehead atoms. The highest BCUT2D eigenvalue weighted by Crippen LogP contribution is 2.17. The lowest BCUT2D eigenvalue weighted by atomic mass is 9.93. The van der Waals surface area contributed by atoms with Crippen LogP contribution in [0, 0.1) is 11.8 Å². The molecule has 0 aliphatic rings. The van der Waals surface area contributed by atoms with Gasteiger partial charge in [0.25, 0.3) is 0 Å². The standard InChI is InChI=1S/C29H37N3O2/c1-21(2)18-19-26(31-5)24-15-11-16-25(20-24)32-29(34)28(22(3)30-4)27(33)17-10-9-14-23-12-7-6-8-13-23/h6-8,11-13,15-16,18-21,28H,9-10,14,17H2,1-5H3,(H,32,34)/b19-18-,30-22-,31-26+. The molecule has 1 unspecified atom stereocenters. The number of allylic oxidation sites excluding steroid dienone is 2. The lowest BCUT2D eigenvalue weighted by Crippen LogP contribution is -2.35. The van der Waals surface area contributed by atoms with Gasteiger partial charge in [0.1, 0.15) is 5.92 Å². The van der Waals surface area contributed by atoms with Crippen molar-refractivity contribution in [1.29, 1.82) is 0 Å². The van der Waals surface area contributed by atoms with Gasteiger partial charge in [-0.05, 0) is 55.9 Å². The van der Waals surface area contributed by atoms with Crippen LogP contribution < -0.4 is 5.32 Å². The predicted molar refractivity (Wildman–Crippen MR) is 143 cm³/mol. The summed E-state index contributed by atoms with van der Waals surface area (Å²) in [6.07, 6.45) is 6.98. The minimum atomic E-state index is -0.884. The normalized spacial score (nSPS) is 13.4. The van der Waals surface area contributed by atoms with Crippen LogP contribution in [0.5, 0.6) is 0 Å². The zero-order valence-electron chi connectivity index (χ0n) is 21.0. The average Bonchev–Trinajstić information content (AvgIpc) is 2.83. The molecular formula is C29H37N3O2. The first-order chi connectivity index (χ1) is 16.3. The van der Waals surface area contributed by atoms with E-state index in [0.29, 0.717) is 23.7 Å². The molecule has 2 aromatic rings. The Balaban J connectivity index is 2.05. The van der Waals surface area contributed by atoms with Crippen LogP contribution in [0.4, 0.5) is 5.69 Å². The lowest BCUT2D eigenvalue weighted by Gasteiger charge is -2.16. The molecule has 0 aliphatic carbocycles. The molecule has 2 rings (SSSR count). The number of aryl methyl sites for hydroxylation is 1. The molecule has 0 heterocycles. The molecule has 0 aromatic heterocycles. The van der Waals surface area contributed by atoms with Crippen molar-refractivity contribution in [2.24, 2.45) is 21.8 Å². The third-order valence-electron chi connectivity index (χ3n) is 5.64. The number of anilines is 1. The Labute approximate surface area is 204 Å². The average molecular weight is 460 g/mol. The van der Waals surface area contributed by atoms with Crippen molar-refractivity contribution in [3.63, 3.8) is 0 Å². The molecule has 5 nitrogen and oxygen atoms in total. The van der Waals surface area contributed by atoms with Gasteiger partial charge in [0.2, 0.25) is 5.91 Å². The van der Waals surface area contributed by atoms with E-state index in [2.05, 4.69) is 47.4 Å². The highest BCUT2D eigenvalue weighted by molar-refractivity contribution is 6.23. The Morgan fingerprint density at radius 1 is 0.971 bits per heavy atom. The van der Waals surface area contributed by atoms with Crippen LogP contribution in [-0.4, -0.2) is 37.2 Å². The van der Waals surface area contributed by atoms with Gasteiger partial charge in [0.05, 0.1) is 5.71 Å². The van der Waals surface area contributed by atoms with E-state index >= 15 is 0 Å². The fourth-order valence-electron chi connectivity index (χ4n) is 3.67. The van der Waals surface area contributed by atoms with E-state index in [1.807, 2.05) is 48.5 Å². The number of benzene rings is 2. The van der Waals surface area contributed by atoms with E-state index in [1.165, 1.54) is 5.56 Å². The smallest absolute Gasteiger partial charge is 0.240 e. The van der Waals surface area contributed by atoms with Crippen molar-refractivity contribution in [1.82, 2.24) is 0 Å². The summed E-state index contributed by atoms with van der Waals surface area (Å²) in [7, 11) is 3.36. The van der Waals surface area contributed by atoms with Crippen molar-refractivity contribution in [2.75, 3.05) is 19.4 Å². The lowest BCUT2D eigenvalue weighted by molar-refractivity contribution is -0.128. The fraction of sp³-hybridized carbons (Fsp3) is 0.379. The molecule has 0 aliphatic heterocycles. The monoisotopic (exact) mass is 459 g/mol. The summed E-state index contributed by atoms with van der Waals surface area (Å²) >= 11 is 0. The Hall–Kier alpha value is -3.34. The van der Waals surface area contributed by atoms with E-state index in [9.17, 15) is 9.59 Å². The highest BCUT2D eigenvalue weighted by Gasteiger charge is 2.28. The molecule has 0 radical (unpaired) electrons. The first-order valence-electron chi connectivity index (χ1n) is 11.9. The third-order valence-corrected chi connectivity index (χ3v) is 5.64. The predicted octanol–water partition coefficient (Wildman–Crippen LogP) is 5.95. The molecule has 180 valence electrons. The minimum absolute atomic E-state index is 0.0968. The van der Waals surface area contributed by atoms with Gasteiger partial charge >= 0.3 is 0 Å².